The molecule has 0 saturated heterocycles. The summed E-state index contributed by atoms with van der Waals surface area (Å²) in [5.74, 6) is 0.352. The molecule has 0 aliphatic carbocycles. The number of benzene rings is 1. The predicted molar refractivity (Wildman–Crippen MR) is 53.3 cm³/mol. The maximum Gasteiger partial charge on any atom is 0.138 e. The number of anilines is 1. The van der Waals surface area contributed by atoms with Crippen LogP contribution in [-0.4, -0.2) is 28.7 Å². The Hall–Kier alpha value is -0.930. The number of alkyl halides is 1. The highest BCUT2D eigenvalue weighted by Gasteiger charge is 2.03. The standard InChI is InChI=1S/C9H12ClNO2/c10-5-7(12)6-11-8-3-1-2-4-9(8)13/h1-4,7,11-13H,5-6H2. The van der Waals surface area contributed by atoms with E-state index in [2.05, 4.69) is 5.32 Å². The summed E-state index contributed by atoms with van der Waals surface area (Å²) in [6.45, 7) is 0.334. The van der Waals surface area contributed by atoms with Gasteiger partial charge in [-0.25, -0.2) is 0 Å². The van der Waals surface area contributed by atoms with Gasteiger partial charge in [0.1, 0.15) is 5.75 Å². The molecule has 0 fully saturated rings. The lowest BCUT2D eigenvalue weighted by Crippen LogP contribution is -2.20. The largest absolute Gasteiger partial charge is 0.506 e. The van der Waals surface area contributed by atoms with Crippen LogP contribution in [0.1, 0.15) is 0 Å². The quantitative estimate of drug-likeness (QED) is 0.510. The molecule has 0 saturated carbocycles. The summed E-state index contributed by atoms with van der Waals surface area (Å²) in [5.41, 5.74) is 0.603. The number of para-hydroxylation sites is 2. The highest BCUT2D eigenvalue weighted by Crippen LogP contribution is 2.21. The van der Waals surface area contributed by atoms with E-state index in [1.54, 1.807) is 24.3 Å². The molecular weight excluding hydrogens is 190 g/mol. The van der Waals surface area contributed by atoms with Crippen LogP contribution in [-0.2, 0) is 0 Å². The van der Waals surface area contributed by atoms with Crippen molar-refractivity contribution in [3.63, 3.8) is 0 Å². The van der Waals surface area contributed by atoms with Gasteiger partial charge in [-0.15, -0.1) is 11.6 Å². The first-order valence-corrected chi connectivity index (χ1v) is 4.53. The minimum absolute atomic E-state index is 0.171. The molecule has 72 valence electrons. The Kier molecular flexibility index (Phi) is 3.86. The van der Waals surface area contributed by atoms with Crippen LogP contribution < -0.4 is 5.32 Å². The second kappa shape index (κ2) is 4.94. The Morgan fingerprint density at radius 3 is 2.69 bits per heavy atom. The van der Waals surface area contributed by atoms with Gasteiger partial charge >= 0.3 is 0 Å². The van der Waals surface area contributed by atoms with E-state index in [1.807, 2.05) is 0 Å². The smallest absolute Gasteiger partial charge is 0.138 e. The summed E-state index contributed by atoms with van der Waals surface area (Å²) in [5, 5.41) is 21.3. The summed E-state index contributed by atoms with van der Waals surface area (Å²) in [7, 11) is 0. The Morgan fingerprint density at radius 2 is 2.08 bits per heavy atom. The van der Waals surface area contributed by atoms with Gasteiger partial charge in [0.2, 0.25) is 0 Å². The lowest BCUT2D eigenvalue weighted by molar-refractivity contribution is 0.211. The molecule has 3 N–H and O–H groups in total. The van der Waals surface area contributed by atoms with Crippen molar-refractivity contribution in [1.29, 1.82) is 0 Å². The van der Waals surface area contributed by atoms with Crippen molar-refractivity contribution in [1.82, 2.24) is 0 Å². The third-order valence-corrected chi connectivity index (χ3v) is 1.97. The fraction of sp³-hybridized carbons (Fsp3) is 0.333. The molecule has 0 radical (unpaired) electrons. The van der Waals surface area contributed by atoms with Gasteiger partial charge in [-0.05, 0) is 12.1 Å². The molecule has 1 aromatic carbocycles. The van der Waals surface area contributed by atoms with E-state index in [0.717, 1.165) is 0 Å². The van der Waals surface area contributed by atoms with Gasteiger partial charge in [-0.2, -0.15) is 0 Å². The minimum atomic E-state index is -0.596. The van der Waals surface area contributed by atoms with Crippen LogP contribution in [0.15, 0.2) is 24.3 Å². The third kappa shape index (κ3) is 3.13. The van der Waals surface area contributed by atoms with Crippen LogP contribution >= 0.6 is 11.6 Å². The summed E-state index contributed by atoms with van der Waals surface area (Å²) in [4.78, 5) is 0. The van der Waals surface area contributed by atoms with Gasteiger partial charge in [0.15, 0.2) is 0 Å². The van der Waals surface area contributed by atoms with E-state index >= 15 is 0 Å². The van der Waals surface area contributed by atoms with Crippen LogP contribution in [0.25, 0.3) is 0 Å². The molecule has 3 nitrogen and oxygen atoms in total. The number of hydrogen-bond acceptors (Lipinski definition) is 3. The molecule has 0 aliphatic heterocycles. The topological polar surface area (TPSA) is 52.5 Å². The number of phenols is 1. The SMILES string of the molecule is Oc1ccccc1NCC(O)CCl. The number of aliphatic hydroxyl groups is 1. The fourth-order valence-corrected chi connectivity index (χ4v) is 1.01. The van der Waals surface area contributed by atoms with E-state index in [0.29, 0.717) is 12.2 Å². The summed E-state index contributed by atoms with van der Waals surface area (Å²) in [6, 6.07) is 6.85. The third-order valence-electron chi connectivity index (χ3n) is 1.61. The molecule has 0 aromatic heterocycles. The summed E-state index contributed by atoms with van der Waals surface area (Å²) >= 11 is 5.41. The highest BCUT2D eigenvalue weighted by molar-refractivity contribution is 6.18. The van der Waals surface area contributed by atoms with Crippen molar-refractivity contribution in [2.24, 2.45) is 0 Å². The Bertz CT molecular complexity index is 268. The number of hydrogen-bond donors (Lipinski definition) is 3. The van der Waals surface area contributed by atoms with Crippen LogP contribution in [0.4, 0.5) is 5.69 Å². The molecule has 0 bridgehead atoms. The van der Waals surface area contributed by atoms with E-state index < -0.39 is 6.10 Å². The molecule has 4 heteroatoms. The summed E-state index contributed by atoms with van der Waals surface area (Å²) in [6.07, 6.45) is -0.596. The van der Waals surface area contributed by atoms with Gasteiger partial charge in [0.05, 0.1) is 17.7 Å². The van der Waals surface area contributed by atoms with Gasteiger partial charge in [-0.3, -0.25) is 0 Å². The van der Waals surface area contributed by atoms with Crippen molar-refractivity contribution in [3.8, 4) is 5.75 Å². The molecule has 1 atom stereocenters. The van der Waals surface area contributed by atoms with Gasteiger partial charge in [-0.1, -0.05) is 12.1 Å². The van der Waals surface area contributed by atoms with Crippen LogP contribution in [0.2, 0.25) is 0 Å². The number of nitrogens with one attached hydrogen (secondary N) is 1. The maximum absolute atomic E-state index is 9.32. The average molecular weight is 202 g/mol. The van der Waals surface area contributed by atoms with Crippen molar-refractivity contribution in [2.75, 3.05) is 17.7 Å². The second-order valence-electron chi connectivity index (χ2n) is 2.71. The number of aromatic hydroxyl groups is 1. The molecular formula is C9H12ClNO2. The van der Waals surface area contributed by atoms with Crippen molar-refractivity contribution in [2.45, 2.75) is 6.10 Å². The van der Waals surface area contributed by atoms with Crippen LogP contribution in [0, 0.1) is 0 Å². The Labute approximate surface area is 82.0 Å². The Morgan fingerprint density at radius 1 is 1.38 bits per heavy atom. The molecule has 0 spiro atoms. The van der Waals surface area contributed by atoms with Crippen molar-refractivity contribution < 1.29 is 10.2 Å². The maximum atomic E-state index is 9.32. The molecule has 13 heavy (non-hydrogen) atoms. The molecule has 1 aromatic rings. The van der Waals surface area contributed by atoms with Crippen molar-refractivity contribution in [3.05, 3.63) is 24.3 Å². The van der Waals surface area contributed by atoms with E-state index in [4.69, 9.17) is 16.7 Å². The molecule has 0 heterocycles. The van der Waals surface area contributed by atoms with E-state index in [-0.39, 0.29) is 11.6 Å². The van der Waals surface area contributed by atoms with E-state index in [9.17, 15) is 5.11 Å². The predicted octanol–water partition coefficient (Wildman–Crippen LogP) is 1.40. The van der Waals surface area contributed by atoms with Crippen LogP contribution in [0.3, 0.4) is 0 Å². The summed E-state index contributed by atoms with van der Waals surface area (Å²) < 4.78 is 0. The number of halogens is 1. The zero-order valence-corrected chi connectivity index (χ0v) is 7.83. The normalized spacial score (nSPS) is 12.5. The minimum Gasteiger partial charge on any atom is -0.506 e. The van der Waals surface area contributed by atoms with Gasteiger partial charge < -0.3 is 15.5 Å². The first-order valence-electron chi connectivity index (χ1n) is 4.00. The highest BCUT2D eigenvalue weighted by atomic mass is 35.5. The number of aliphatic hydroxyl groups excluding tert-OH is 1. The number of rotatable bonds is 4. The second-order valence-corrected chi connectivity index (χ2v) is 3.01. The van der Waals surface area contributed by atoms with Crippen molar-refractivity contribution >= 4 is 17.3 Å². The first-order chi connectivity index (χ1) is 6.24. The lowest BCUT2D eigenvalue weighted by atomic mass is 10.3. The number of phenolic OH excluding ortho intramolecular Hbond substituents is 1. The van der Waals surface area contributed by atoms with Crippen LogP contribution in [0.5, 0.6) is 5.75 Å². The Balaban J connectivity index is 2.50. The molecule has 1 unspecified atom stereocenters. The van der Waals surface area contributed by atoms with Gasteiger partial charge in [0, 0.05) is 6.54 Å². The molecule has 0 aliphatic rings. The monoisotopic (exact) mass is 201 g/mol. The lowest BCUT2D eigenvalue weighted by Gasteiger charge is -2.10. The first kappa shape index (κ1) is 10.2. The molecule has 1 rings (SSSR count). The average Bonchev–Trinajstić information content (AvgIpc) is 2.16. The zero-order valence-electron chi connectivity index (χ0n) is 7.07. The molecule has 0 amide bonds. The zero-order chi connectivity index (χ0) is 9.68. The van der Waals surface area contributed by atoms with E-state index in [1.165, 1.54) is 0 Å². The fourth-order valence-electron chi connectivity index (χ4n) is 0.905. The van der Waals surface area contributed by atoms with Gasteiger partial charge in [0.25, 0.3) is 0 Å².